The third-order valence-corrected chi connectivity index (χ3v) is 3.77. The summed E-state index contributed by atoms with van der Waals surface area (Å²) in [5, 5.41) is 2.48. The molecule has 2 unspecified atom stereocenters. The third-order valence-electron chi connectivity index (χ3n) is 3.77. The zero-order valence-electron chi connectivity index (χ0n) is 11.2. The molecule has 1 N–H and O–H groups in total. The highest BCUT2D eigenvalue weighted by molar-refractivity contribution is 6.01. The SMILES string of the molecule is COC(=O)C1CN(CCN2C(=O)CNC2=O)CC1C. The van der Waals surface area contributed by atoms with Crippen molar-refractivity contribution in [2.24, 2.45) is 11.8 Å². The summed E-state index contributed by atoms with van der Waals surface area (Å²) in [5.41, 5.74) is 0. The number of imide groups is 1. The van der Waals surface area contributed by atoms with Crippen molar-refractivity contribution < 1.29 is 19.1 Å². The summed E-state index contributed by atoms with van der Waals surface area (Å²) < 4.78 is 4.77. The summed E-state index contributed by atoms with van der Waals surface area (Å²) in [4.78, 5) is 37.7. The second-order valence-electron chi connectivity index (χ2n) is 5.07. The minimum atomic E-state index is -0.332. The van der Waals surface area contributed by atoms with E-state index in [1.165, 1.54) is 12.0 Å². The first-order valence-electron chi connectivity index (χ1n) is 6.41. The second kappa shape index (κ2) is 5.56. The van der Waals surface area contributed by atoms with Crippen LogP contribution in [0.15, 0.2) is 0 Å². The monoisotopic (exact) mass is 269 g/mol. The quantitative estimate of drug-likeness (QED) is 0.538. The zero-order valence-corrected chi connectivity index (χ0v) is 11.2. The van der Waals surface area contributed by atoms with Crippen molar-refractivity contribution in [3.63, 3.8) is 0 Å². The number of nitrogens with one attached hydrogen (secondary N) is 1. The van der Waals surface area contributed by atoms with Gasteiger partial charge in [-0.1, -0.05) is 6.92 Å². The van der Waals surface area contributed by atoms with Gasteiger partial charge in [0.1, 0.15) is 0 Å². The molecule has 7 nitrogen and oxygen atoms in total. The van der Waals surface area contributed by atoms with E-state index in [2.05, 4.69) is 10.2 Å². The van der Waals surface area contributed by atoms with Gasteiger partial charge in [-0.3, -0.25) is 14.5 Å². The number of likely N-dealkylation sites (tertiary alicyclic amines) is 1. The lowest BCUT2D eigenvalue weighted by atomic mass is 9.99. The van der Waals surface area contributed by atoms with E-state index in [4.69, 9.17) is 4.74 Å². The van der Waals surface area contributed by atoms with Gasteiger partial charge in [0.2, 0.25) is 5.91 Å². The molecule has 0 radical (unpaired) electrons. The Balaban J connectivity index is 1.83. The topological polar surface area (TPSA) is 79.0 Å². The van der Waals surface area contributed by atoms with E-state index in [0.717, 1.165) is 6.54 Å². The normalized spacial score (nSPS) is 27.8. The summed E-state index contributed by atoms with van der Waals surface area (Å²) in [7, 11) is 1.39. The summed E-state index contributed by atoms with van der Waals surface area (Å²) in [6, 6.07) is -0.332. The van der Waals surface area contributed by atoms with Crippen LogP contribution in [0, 0.1) is 11.8 Å². The third kappa shape index (κ3) is 2.86. The number of carbonyl (C=O) groups excluding carboxylic acids is 3. The molecule has 7 heteroatoms. The van der Waals surface area contributed by atoms with Gasteiger partial charge < -0.3 is 15.0 Å². The zero-order chi connectivity index (χ0) is 14.0. The van der Waals surface area contributed by atoms with E-state index < -0.39 is 0 Å². The molecule has 0 aromatic heterocycles. The standard InChI is InChI=1S/C12H19N3O4/c1-8-6-14(7-9(8)11(17)19-2)3-4-15-10(16)5-13-12(15)18/h8-9H,3-7H2,1-2H3,(H,13,18). The lowest BCUT2D eigenvalue weighted by Crippen LogP contribution is -2.38. The van der Waals surface area contributed by atoms with Crippen molar-refractivity contribution in [3.05, 3.63) is 0 Å². The van der Waals surface area contributed by atoms with Crippen LogP contribution in [0.3, 0.4) is 0 Å². The maximum absolute atomic E-state index is 11.6. The Hall–Kier alpha value is -1.63. The fourth-order valence-electron chi connectivity index (χ4n) is 2.63. The molecule has 2 atom stereocenters. The van der Waals surface area contributed by atoms with Crippen LogP contribution in [-0.4, -0.2) is 67.5 Å². The van der Waals surface area contributed by atoms with Crippen LogP contribution in [0.25, 0.3) is 0 Å². The molecule has 2 aliphatic rings. The summed E-state index contributed by atoms with van der Waals surface area (Å²) in [6.45, 7) is 4.46. The number of hydrogen-bond donors (Lipinski definition) is 1. The van der Waals surface area contributed by atoms with Gasteiger partial charge >= 0.3 is 12.0 Å². The molecule has 19 heavy (non-hydrogen) atoms. The van der Waals surface area contributed by atoms with E-state index >= 15 is 0 Å². The number of ether oxygens (including phenoxy) is 1. The number of amides is 3. The molecular formula is C12H19N3O4. The van der Waals surface area contributed by atoms with Crippen molar-refractivity contribution >= 4 is 17.9 Å². The van der Waals surface area contributed by atoms with E-state index in [0.29, 0.717) is 19.6 Å². The number of hydrogen-bond acceptors (Lipinski definition) is 5. The Kier molecular flexibility index (Phi) is 4.04. The fourth-order valence-corrected chi connectivity index (χ4v) is 2.63. The fraction of sp³-hybridized carbons (Fsp3) is 0.750. The largest absolute Gasteiger partial charge is 0.469 e. The lowest BCUT2D eigenvalue weighted by molar-refractivity contribution is -0.146. The smallest absolute Gasteiger partial charge is 0.324 e. The van der Waals surface area contributed by atoms with Crippen molar-refractivity contribution in [3.8, 4) is 0 Å². The Morgan fingerprint density at radius 3 is 2.68 bits per heavy atom. The van der Waals surface area contributed by atoms with Crippen LogP contribution >= 0.6 is 0 Å². The van der Waals surface area contributed by atoms with Gasteiger partial charge in [-0.05, 0) is 5.92 Å². The number of rotatable bonds is 4. The highest BCUT2D eigenvalue weighted by Gasteiger charge is 2.36. The van der Waals surface area contributed by atoms with Crippen molar-refractivity contribution in [2.75, 3.05) is 39.8 Å². The van der Waals surface area contributed by atoms with Gasteiger partial charge in [-0.2, -0.15) is 0 Å². The molecule has 106 valence electrons. The van der Waals surface area contributed by atoms with Crippen molar-refractivity contribution in [1.29, 1.82) is 0 Å². The molecule has 2 rings (SSSR count). The van der Waals surface area contributed by atoms with Gasteiger partial charge in [0.05, 0.1) is 19.6 Å². The summed E-state index contributed by atoms with van der Waals surface area (Å²) in [6.07, 6.45) is 0. The van der Waals surface area contributed by atoms with Crippen molar-refractivity contribution in [1.82, 2.24) is 15.1 Å². The summed E-state index contributed by atoms with van der Waals surface area (Å²) >= 11 is 0. The Bertz CT molecular complexity index is 382. The molecule has 0 bridgehead atoms. The first-order valence-corrected chi connectivity index (χ1v) is 6.41. The van der Waals surface area contributed by atoms with E-state index in [-0.39, 0.29) is 36.3 Å². The van der Waals surface area contributed by atoms with Crippen LogP contribution in [0.1, 0.15) is 6.92 Å². The predicted molar refractivity (Wildman–Crippen MR) is 66.2 cm³/mol. The van der Waals surface area contributed by atoms with Gasteiger partial charge in [0.15, 0.2) is 0 Å². The highest BCUT2D eigenvalue weighted by atomic mass is 16.5. The molecule has 0 aromatic carbocycles. The van der Waals surface area contributed by atoms with Crippen molar-refractivity contribution in [2.45, 2.75) is 6.92 Å². The number of carbonyl (C=O) groups is 3. The van der Waals surface area contributed by atoms with E-state index in [1.54, 1.807) is 0 Å². The maximum atomic E-state index is 11.6. The first kappa shape index (κ1) is 13.8. The van der Waals surface area contributed by atoms with Gasteiger partial charge in [-0.25, -0.2) is 4.79 Å². The van der Waals surface area contributed by atoms with Crippen LogP contribution in [0.4, 0.5) is 4.79 Å². The summed E-state index contributed by atoms with van der Waals surface area (Å²) in [5.74, 6) is -0.268. The average molecular weight is 269 g/mol. The number of nitrogens with zero attached hydrogens (tertiary/aromatic N) is 2. The van der Waals surface area contributed by atoms with Crippen LogP contribution in [-0.2, 0) is 14.3 Å². The lowest BCUT2D eigenvalue weighted by Gasteiger charge is -2.19. The van der Waals surface area contributed by atoms with Gasteiger partial charge in [-0.15, -0.1) is 0 Å². The molecule has 0 saturated carbocycles. The minimum Gasteiger partial charge on any atom is -0.469 e. The number of esters is 1. The molecule has 0 spiro atoms. The molecule has 2 fully saturated rings. The van der Waals surface area contributed by atoms with E-state index in [1.807, 2.05) is 6.92 Å². The van der Waals surface area contributed by atoms with Crippen LogP contribution < -0.4 is 5.32 Å². The number of urea groups is 1. The molecular weight excluding hydrogens is 250 g/mol. The van der Waals surface area contributed by atoms with E-state index in [9.17, 15) is 14.4 Å². The molecule has 2 heterocycles. The Morgan fingerprint density at radius 2 is 2.11 bits per heavy atom. The molecule has 0 aromatic rings. The molecule has 2 aliphatic heterocycles. The average Bonchev–Trinajstić information content (AvgIpc) is 2.90. The Labute approximate surface area is 111 Å². The number of methoxy groups -OCH3 is 1. The molecule has 0 aliphatic carbocycles. The second-order valence-corrected chi connectivity index (χ2v) is 5.07. The first-order chi connectivity index (χ1) is 9.02. The van der Waals surface area contributed by atoms with Gasteiger partial charge in [0.25, 0.3) is 0 Å². The van der Waals surface area contributed by atoms with Crippen LogP contribution in [0.5, 0.6) is 0 Å². The maximum Gasteiger partial charge on any atom is 0.324 e. The van der Waals surface area contributed by atoms with Crippen LogP contribution in [0.2, 0.25) is 0 Å². The molecule has 3 amide bonds. The Morgan fingerprint density at radius 1 is 1.37 bits per heavy atom. The predicted octanol–water partition coefficient (Wildman–Crippen LogP) is -0.721. The minimum absolute atomic E-state index is 0.0834. The molecule has 2 saturated heterocycles. The van der Waals surface area contributed by atoms with Gasteiger partial charge in [0, 0.05) is 26.2 Å². The highest BCUT2D eigenvalue weighted by Crippen LogP contribution is 2.23.